The number of rotatable bonds is 4. The second kappa shape index (κ2) is 7.12. The number of nitrogens with zero attached hydrogens (tertiary/aromatic N) is 3. The second-order valence-electron chi connectivity index (χ2n) is 4.59. The third kappa shape index (κ3) is 3.49. The standard InChI is InChI=1S/C11H16N4O4S.ClH/c12-8-9-4-1-2-7-14(9)20(18,19)11-10(15(16)17)5-3-6-13-11;/h3,5-6,9H,1-2,4,7-8,12H2;1H. The molecule has 1 atom stereocenters. The summed E-state index contributed by atoms with van der Waals surface area (Å²) < 4.78 is 26.4. The first-order valence-electron chi connectivity index (χ1n) is 6.30. The topological polar surface area (TPSA) is 119 Å². The maximum absolute atomic E-state index is 12.6. The zero-order valence-electron chi connectivity index (χ0n) is 11.2. The summed E-state index contributed by atoms with van der Waals surface area (Å²) in [4.78, 5) is 13.9. The molecule has 0 radical (unpaired) electrons. The molecule has 0 aliphatic carbocycles. The van der Waals surface area contributed by atoms with Gasteiger partial charge in [0.25, 0.3) is 10.0 Å². The SMILES string of the molecule is Cl.NCC1CCCCN1S(=O)(=O)c1ncccc1[N+](=O)[O-]. The van der Waals surface area contributed by atoms with Crippen molar-refractivity contribution in [3.05, 3.63) is 28.4 Å². The predicted molar refractivity (Wildman–Crippen MR) is 78.7 cm³/mol. The number of hydrogen-bond donors (Lipinski definition) is 1. The molecule has 10 heteroatoms. The Kier molecular flexibility index (Phi) is 6.02. The van der Waals surface area contributed by atoms with Gasteiger partial charge in [0.2, 0.25) is 5.03 Å². The van der Waals surface area contributed by atoms with Crippen molar-refractivity contribution in [1.29, 1.82) is 0 Å². The van der Waals surface area contributed by atoms with Gasteiger partial charge in [-0.15, -0.1) is 12.4 Å². The number of nitrogens with two attached hydrogens (primary N) is 1. The maximum Gasteiger partial charge on any atom is 0.308 e. The Morgan fingerprint density at radius 3 is 2.81 bits per heavy atom. The van der Waals surface area contributed by atoms with Crippen molar-refractivity contribution >= 4 is 28.1 Å². The molecule has 1 aromatic heterocycles. The minimum Gasteiger partial charge on any atom is -0.329 e. The number of nitro groups is 1. The van der Waals surface area contributed by atoms with Crippen LogP contribution in [0.4, 0.5) is 5.69 Å². The molecule has 1 unspecified atom stereocenters. The smallest absolute Gasteiger partial charge is 0.308 e. The van der Waals surface area contributed by atoms with Gasteiger partial charge in [-0.1, -0.05) is 6.42 Å². The third-order valence-electron chi connectivity index (χ3n) is 3.35. The molecular formula is C11H17ClN4O4S. The molecule has 118 valence electrons. The zero-order valence-corrected chi connectivity index (χ0v) is 12.8. The van der Waals surface area contributed by atoms with Crippen LogP contribution < -0.4 is 5.73 Å². The summed E-state index contributed by atoms with van der Waals surface area (Å²) in [6.45, 7) is 0.512. The number of pyridine rings is 1. The first kappa shape index (κ1) is 17.8. The van der Waals surface area contributed by atoms with Crippen molar-refractivity contribution in [1.82, 2.24) is 9.29 Å². The van der Waals surface area contributed by atoms with Crippen LogP contribution in [0, 0.1) is 10.1 Å². The summed E-state index contributed by atoms with van der Waals surface area (Å²) >= 11 is 0. The highest BCUT2D eigenvalue weighted by Gasteiger charge is 2.37. The van der Waals surface area contributed by atoms with E-state index in [1.165, 1.54) is 16.6 Å². The van der Waals surface area contributed by atoms with Gasteiger partial charge >= 0.3 is 5.69 Å². The van der Waals surface area contributed by atoms with Gasteiger partial charge in [0.05, 0.1) is 4.92 Å². The summed E-state index contributed by atoms with van der Waals surface area (Å²) in [6.07, 6.45) is 3.52. The molecule has 0 aromatic carbocycles. The molecule has 0 bridgehead atoms. The van der Waals surface area contributed by atoms with Gasteiger partial charge in [-0.2, -0.15) is 4.31 Å². The third-order valence-corrected chi connectivity index (χ3v) is 5.25. The van der Waals surface area contributed by atoms with Crippen LogP contribution in [0.2, 0.25) is 0 Å². The van der Waals surface area contributed by atoms with Gasteiger partial charge in [0.15, 0.2) is 0 Å². The van der Waals surface area contributed by atoms with Gasteiger partial charge in [0.1, 0.15) is 0 Å². The quantitative estimate of drug-likeness (QED) is 0.644. The van der Waals surface area contributed by atoms with E-state index in [1.807, 2.05) is 0 Å². The van der Waals surface area contributed by atoms with Gasteiger partial charge in [-0.3, -0.25) is 10.1 Å². The van der Waals surface area contributed by atoms with Gasteiger partial charge in [-0.05, 0) is 18.9 Å². The number of sulfonamides is 1. The number of aromatic nitrogens is 1. The molecule has 2 N–H and O–H groups in total. The van der Waals surface area contributed by atoms with Crippen LogP contribution in [0.15, 0.2) is 23.4 Å². The second-order valence-corrected chi connectivity index (χ2v) is 6.39. The first-order chi connectivity index (χ1) is 9.48. The van der Waals surface area contributed by atoms with E-state index < -0.39 is 25.7 Å². The van der Waals surface area contributed by atoms with Crippen LogP contribution >= 0.6 is 12.4 Å². The van der Waals surface area contributed by atoms with Crippen LogP contribution in [-0.4, -0.2) is 41.8 Å². The van der Waals surface area contributed by atoms with Gasteiger partial charge < -0.3 is 5.73 Å². The fourth-order valence-corrected chi connectivity index (χ4v) is 4.13. The fourth-order valence-electron chi connectivity index (χ4n) is 2.36. The van der Waals surface area contributed by atoms with E-state index in [1.54, 1.807) is 0 Å². The Morgan fingerprint density at radius 1 is 1.48 bits per heavy atom. The minimum absolute atomic E-state index is 0. The van der Waals surface area contributed by atoms with Crippen LogP contribution in [0.25, 0.3) is 0 Å². The highest BCUT2D eigenvalue weighted by molar-refractivity contribution is 7.89. The van der Waals surface area contributed by atoms with Gasteiger partial charge in [0, 0.05) is 31.4 Å². The van der Waals surface area contributed by atoms with E-state index in [4.69, 9.17) is 5.73 Å². The summed E-state index contributed by atoms with van der Waals surface area (Å²) in [5.41, 5.74) is 5.10. The summed E-state index contributed by atoms with van der Waals surface area (Å²) in [5.74, 6) is 0. The molecule has 0 spiro atoms. The average molecular weight is 337 g/mol. The number of halogens is 1. The zero-order chi connectivity index (χ0) is 14.8. The highest BCUT2D eigenvalue weighted by Crippen LogP contribution is 2.28. The Labute approximate surface area is 129 Å². The molecule has 21 heavy (non-hydrogen) atoms. The molecule has 0 amide bonds. The molecule has 8 nitrogen and oxygen atoms in total. The van der Waals surface area contributed by atoms with Crippen molar-refractivity contribution in [2.75, 3.05) is 13.1 Å². The van der Waals surface area contributed by atoms with E-state index in [9.17, 15) is 18.5 Å². The van der Waals surface area contributed by atoms with Crippen LogP contribution in [0.1, 0.15) is 19.3 Å². The van der Waals surface area contributed by atoms with Crippen LogP contribution in [-0.2, 0) is 10.0 Å². The molecule has 2 heterocycles. The number of hydrogen-bond acceptors (Lipinski definition) is 6. The van der Waals surface area contributed by atoms with Crippen molar-refractivity contribution < 1.29 is 13.3 Å². The van der Waals surface area contributed by atoms with E-state index in [0.29, 0.717) is 13.0 Å². The molecule has 0 saturated carbocycles. The lowest BCUT2D eigenvalue weighted by Gasteiger charge is -2.33. The molecule has 2 rings (SSSR count). The highest BCUT2D eigenvalue weighted by atomic mass is 35.5. The maximum atomic E-state index is 12.6. The van der Waals surface area contributed by atoms with Crippen molar-refractivity contribution in [2.45, 2.75) is 30.3 Å². The summed E-state index contributed by atoms with van der Waals surface area (Å²) in [7, 11) is -4.00. The molecule has 1 aliphatic rings. The lowest BCUT2D eigenvalue weighted by molar-refractivity contribution is -0.388. The largest absolute Gasteiger partial charge is 0.329 e. The lowest BCUT2D eigenvalue weighted by atomic mass is 10.1. The summed E-state index contributed by atoms with van der Waals surface area (Å²) in [5, 5.41) is 10.5. The molecule has 1 aliphatic heterocycles. The van der Waals surface area contributed by atoms with Gasteiger partial charge in [-0.25, -0.2) is 13.4 Å². The normalized spacial score (nSPS) is 19.8. The molecule has 1 aromatic rings. The van der Waals surface area contributed by atoms with Crippen molar-refractivity contribution in [3.63, 3.8) is 0 Å². The predicted octanol–water partition coefficient (Wildman–Crippen LogP) is 0.913. The monoisotopic (exact) mass is 336 g/mol. The first-order valence-corrected chi connectivity index (χ1v) is 7.74. The van der Waals surface area contributed by atoms with E-state index in [-0.39, 0.29) is 25.0 Å². The molecule has 1 fully saturated rings. The minimum atomic E-state index is -4.00. The Balaban J connectivity index is 0.00000220. The lowest BCUT2D eigenvalue weighted by Crippen LogP contribution is -2.47. The average Bonchev–Trinajstić information content (AvgIpc) is 2.47. The molecular weight excluding hydrogens is 320 g/mol. The molecule has 1 saturated heterocycles. The van der Waals surface area contributed by atoms with Crippen LogP contribution in [0.3, 0.4) is 0 Å². The van der Waals surface area contributed by atoms with Crippen molar-refractivity contribution in [2.24, 2.45) is 5.73 Å². The number of piperidine rings is 1. The Hall–Kier alpha value is -1.29. The Morgan fingerprint density at radius 2 is 2.19 bits per heavy atom. The summed E-state index contributed by atoms with van der Waals surface area (Å²) in [6, 6.07) is 2.16. The van der Waals surface area contributed by atoms with E-state index in [2.05, 4.69) is 4.98 Å². The Bertz CT molecular complexity index is 610. The van der Waals surface area contributed by atoms with E-state index >= 15 is 0 Å². The van der Waals surface area contributed by atoms with Crippen molar-refractivity contribution in [3.8, 4) is 0 Å². The fraction of sp³-hybridized carbons (Fsp3) is 0.545. The van der Waals surface area contributed by atoms with E-state index in [0.717, 1.165) is 18.9 Å². The van der Waals surface area contributed by atoms with Crippen LogP contribution in [0.5, 0.6) is 0 Å².